The highest BCUT2D eigenvalue weighted by Gasteiger charge is 2.30. The molecule has 9 heteroatoms. The topological polar surface area (TPSA) is 82.6 Å². The Morgan fingerprint density at radius 1 is 1.00 bits per heavy atom. The zero-order valence-electron chi connectivity index (χ0n) is 17.4. The van der Waals surface area contributed by atoms with Gasteiger partial charge in [-0.1, -0.05) is 36.4 Å². The van der Waals surface area contributed by atoms with Gasteiger partial charge in [0.05, 0.1) is 10.6 Å². The number of rotatable bonds is 4. The molecule has 0 unspecified atom stereocenters. The summed E-state index contributed by atoms with van der Waals surface area (Å²) >= 11 is 1.37. The molecule has 0 atom stereocenters. The number of amides is 2. The number of urea groups is 1. The second-order valence-corrected chi connectivity index (χ2v) is 10.3. The van der Waals surface area contributed by atoms with Gasteiger partial charge in [0.15, 0.2) is 5.13 Å². The molecule has 2 aromatic carbocycles. The molecule has 0 saturated carbocycles. The average molecular weight is 457 g/mol. The third kappa shape index (κ3) is 4.63. The van der Waals surface area contributed by atoms with Crippen LogP contribution in [0.5, 0.6) is 0 Å². The minimum Gasteiger partial charge on any atom is -0.322 e. The first-order chi connectivity index (χ1) is 14.8. The van der Waals surface area contributed by atoms with Crippen LogP contribution in [0.4, 0.5) is 9.93 Å². The number of carbonyl (C=O) groups is 1. The molecule has 31 heavy (non-hydrogen) atoms. The van der Waals surface area contributed by atoms with E-state index < -0.39 is 10.0 Å². The monoisotopic (exact) mass is 456 g/mol. The van der Waals surface area contributed by atoms with Gasteiger partial charge in [0.2, 0.25) is 10.0 Å². The highest BCUT2D eigenvalue weighted by molar-refractivity contribution is 7.89. The van der Waals surface area contributed by atoms with Gasteiger partial charge < -0.3 is 4.90 Å². The standard InChI is InChI=1S/C22H24N4O3S2/c1-16-8-9-19(14-17(16)2)31(28,29)26-12-10-25(11-13-26)22(27)24-21-23-20(15-30-21)18-6-4-3-5-7-18/h3-9,14-15H,10-13H2,1-2H3,(H,23,24,27). The quantitative estimate of drug-likeness (QED) is 0.644. The van der Waals surface area contributed by atoms with Crippen LogP contribution in [0.1, 0.15) is 11.1 Å². The molecule has 162 valence electrons. The van der Waals surface area contributed by atoms with Crippen molar-refractivity contribution < 1.29 is 13.2 Å². The van der Waals surface area contributed by atoms with Gasteiger partial charge in [-0.25, -0.2) is 18.2 Å². The number of carbonyl (C=O) groups excluding carboxylic acids is 1. The average Bonchev–Trinajstić information content (AvgIpc) is 3.24. The fraction of sp³-hybridized carbons (Fsp3) is 0.273. The third-order valence-electron chi connectivity index (χ3n) is 5.43. The second-order valence-electron chi connectivity index (χ2n) is 7.47. The van der Waals surface area contributed by atoms with Crippen LogP contribution in [0.3, 0.4) is 0 Å². The molecule has 3 aromatic rings. The van der Waals surface area contributed by atoms with Gasteiger partial charge in [-0.2, -0.15) is 4.31 Å². The van der Waals surface area contributed by atoms with Crippen LogP contribution >= 0.6 is 11.3 Å². The summed E-state index contributed by atoms with van der Waals surface area (Å²) in [4.78, 5) is 19.0. The van der Waals surface area contributed by atoms with Crippen LogP contribution in [0, 0.1) is 13.8 Å². The number of aromatic nitrogens is 1. The maximum Gasteiger partial charge on any atom is 0.323 e. The molecule has 1 saturated heterocycles. The predicted octanol–water partition coefficient (Wildman–Crippen LogP) is 3.97. The fourth-order valence-corrected chi connectivity index (χ4v) is 5.62. The van der Waals surface area contributed by atoms with Crippen molar-refractivity contribution in [2.45, 2.75) is 18.7 Å². The van der Waals surface area contributed by atoms with Crippen molar-refractivity contribution in [2.75, 3.05) is 31.5 Å². The highest BCUT2D eigenvalue weighted by Crippen LogP contribution is 2.25. The SMILES string of the molecule is Cc1ccc(S(=O)(=O)N2CCN(C(=O)Nc3nc(-c4ccccc4)cs3)CC2)cc1C. The molecule has 1 aliphatic heterocycles. The third-order valence-corrected chi connectivity index (χ3v) is 8.08. The van der Waals surface area contributed by atoms with Crippen molar-refractivity contribution in [3.63, 3.8) is 0 Å². The van der Waals surface area contributed by atoms with Gasteiger partial charge in [-0.15, -0.1) is 11.3 Å². The Morgan fingerprint density at radius 3 is 2.39 bits per heavy atom. The van der Waals surface area contributed by atoms with Crippen molar-refractivity contribution in [1.82, 2.24) is 14.2 Å². The number of piperazine rings is 1. The Bertz CT molecular complexity index is 1180. The summed E-state index contributed by atoms with van der Waals surface area (Å²) in [6, 6.07) is 14.7. The van der Waals surface area contributed by atoms with Crippen LogP contribution in [-0.2, 0) is 10.0 Å². The van der Waals surface area contributed by atoms with Crippen LogP contribution in [-0.4, -0.2) is 54.8 Å². The van der Waals surface area contributed by atoms with Gasteiger partial charge in [0, 0.05) is 37.1 Å². The number of benzene rings is 2. The Hall–Kier alpha value is -2.75. The molecule has 1 N–H and O–H groups in total. The summed E-state index contributed by atoms with van der Waals surface area (Å²) in [5, 5.41) is 5.25. The van der Waals surface area contributed by atoms with Crippen molar-refractivity contribution in [1.29, 1.82) is 0 Å². The van der Waals surface area contributed by atoms with E-state index in [4.69, 9.17) is 0 Å². The summed E-state index contributed by atoms with van der Waals surface area (Å²) < 4.78 is 27.4. The lowest BCUT2D eigenvalue weighted by atomic mass is 10.1. The summed E-state index contributed by atoms with van der Waals surface area (Å²) in [5.41, 5.74) is 3.80. The van der Waals surface area contributed by atoms with E-state index in [1.54, 1.807) is 17.0 Å². The zero-order valence-corrected chi connectivity index (χ0v) is 19.0. The zero-order chi connectivity index (χ0) is 22.0. The van der Waals surface area contributed by atoms with Crippen LogP contribution in [0.2, 0.25) is 0 Å². The maximum atomic E-state index is 13.0. The van der Waals surface area contributed by atoms with E-state index in [1.165, 1.54) is 15.6 Å². The smallest absolute Gasteiger partial charge is 0.322 e. The molecule has 1 fully saturated rings. The van der Waals surface area contributed by atoms with E-state index in [-0.39, 0.29) is 19.1 Å². The lowest BCUT2D eigenvalue weighted by molar-refractivity contribution is 0.184. The van der Waals surface area contributed by atoms with E-state index >= 15 is 0 Å². The molecule has 7 nitrogen and oxygen atoms in total. The summed E-state index contributed by atoms with van der Waals surface area (Å²) in [5.74, 6) is 0. The Morgan fingerprint density at radius 2 is 1.71 bits per heavy atom. The van der Waals surface area contributed by atoms with Crippen molar-refractivity contribution in [3.05, 3.63) is 65.0 Å². The van der Waals surface area contributed by atoms with Crippen molar-refractivity contribution in [2.24, 2.45) is 0 Å². The van der Waals surface area contributed by atoms with Crippen LogP contribution in [0.25, 0.3) is 11.3 Å². The minimum absolute atomic E-state index is 0.260. The van der Waals surface area contributed by atoms with Crippen LogP contribution in [0.15, 0.2) is 58.8 Å². The molecule has 0 spiro atoms. The highest BCUT2D eigenvalue weighted by atomic mass is 32.2. The lowest BCUT2D eigenvalue weighted by Crippen LogP contribution is -2.51. The Labute approximate surface area is 186 Å². The van der Waals surface area contributed by atoms with Crippen molar-refractivity contribution >= 4 is 32.5 Å². The van der Waals surface area contributed by atoms with Gasteiger partial charge in [0.25, 0.3) is 0 Å². The molecule has 1 aliphatic rings. The first-order valence-electron chi connectivity index (χ1n) is 9.99. The lowest BCUT2D eigenvalue weighted by Gasteiger charge is -2.33. The number of anilines is 1. The van der Waals surface area contributed by atoms with Gasteiger partial charge >= 0.3 is 6.03 Å². The van der Waals surface area contributed by atoms with Gasteiger partial charge in [-0.3, -0.25) is 5.32 Å². The molecule has 0 aliphatic carbocycles. The van der Waals surface area contributed by atoms with E-state index in [2.05, 4.69) is 10.3 Å². The number of aryl methyl sites for hydroxylation is 2. The first kappa shape index (κ1) is 21.5. The maximum absolute atomic E-state index is 13.0. The number of nitrogens with zero attached hydrogens (tertiary/aromatic N) is 3. The van der Waals surface area contributed by atoms with E-state index in [9.17, 15) is 13.2 Å². The minimum atomic E-state index is -3.57. The fourth-order valence-electron chi connectivity index (χ4n) is 3.40. The van der Waals surface area contributed by atoms with Gasteiger partial charge in [0.1, 0.15) is 0 Å². The Kier molecular flexibility index (Phi) is 6.08. The van der Waals surface area contributed by atoms with Crippen molar-refractivity contribution in [3.8, 4) is 11.3 Å². The molecule has 0 radical (unpaired) electrons. The summed E-state index contributed by atoms with van der Waals surface area (Å²) in [6.45, 7) is 5.03. The predicted molar refractivity (Wildman–Crippen MR) is 123 cm³/mol. The van der Waals surface area contributed by atoms with Gasteiger partial charge in [-0.05, 0) is 37.1 Å². The number of nitrogens with one attached hydrogen (secondary N) is 1. The number of hydrogen-bond donors (Lipinski definition) is 1. The van der Waals surface area contributed by atoms with Crippen LogP contribution < -0.4 is 5.32 Å². The molecular weight excluding hydrogens is 432 g/mol. The molecule has 0 bridgehead atoms. The van der Waals surface area contributed by atoms with E-state index in [0.717, 1.165) is 22.4 Å². The first-order valence-corrected chi connectivity index (χ1v) is 12.3. The molecular formula is C22H24N4O3S2. The summed E-state index contributed by atoms with van der Waals surface area (Å²) in [7, 11) is -3.57. The Balaban J connectivity index is 1.37. The number of hydrogen-bond acceptors (Lipinski definition) is 5. The molecule has 1 aromatic heterocycles. The number of thiazole rings is 1. The normalized spacial score (nSPS) is 15.1. The summed E-state index contributed by atoms with van der Waals surface area (Å²) in [6.07, 6.45) is 0. The second kappa shape index (κ2) is 8.78. The number of sulfonamides is 1. The molecule has 4 rings (SSSR count). The molecule has 2 heterocycles. The largest absolute Gasteiger partial charge is 0.323 e. The van der Waals surface area contributed by atoms with E-state index in [0.29, 0.717) is 23.1 Å². The molecule has 2 amide bonds. The van der Waals surface area contributed by atoms with E-state index in [1.807, 2.05) is 55.6 Å².